The Morgan fingerprint density at radius 3 is 2.86 bits per heavy atom. The van der Waals surface area contributed by atoms with E-state index in [1.165, 1.54) is 47.6 Å². The molecule has 0 aromatic heterocycles. The standard InChI is InChI=1S/C26H24N2O/c1-28-22-15-18-8-6-14-25(18,21-11-5-4-10-20(21)22)26(28)16-27-24-19-9-3-2-7-17(19)12-13-23(24)29-26/h2-5,7,9-13,16,18,22H,6,8,14-15H2,1H3/t18-,22-,25+,26-/m0/s1. The van der Waals surface area contributed by atoms with Gasteiger partial charge in [-0.15, -0.1) is 0 Å². The Morgan fingerprint density at radius 1 is 1.03 bits per heavy atom. The van der Waals surface area contributed by atoms with Gasteiger partial charge >= 0.3 is 0 Å². The van der Waals surface area contributed by atoms with Gasteiger partial charge in [0.15, 0.2) is 0 Å². The van der Waals surface area contributed by atoms with Crippen LogP contribution < -0.4 is 4.74 Å². The Morgan fingerprint density at radius 2 is 1.90 bits per heavy atom. The van der Waals surface area contributed by atoms with Crippen LogP contribution in [0.2, 0.25) is 0 Å². The van der Waals surface area contributed by atoms with E-state index in [0.29, 0.717) is 12.0 Å². The van der Waals surface area contributed by atoms with Gasteiger partial charge in [-0.05, 0) is 54.8 Å². The van der Waals surface area contributed by atoms with E-state index in [0.717, 1.165) is 11.4 Å². The summed E-state index contributed by atoms with van der Waals surface area (Å²) >= 11 is 0. The summed E-state index contributed by atoms with van der Waals surface area (Å²) in [5, 5.41) is 2.38. The fraction of sp³-hybridized carbons (Fsp3) is 0.346. The van der Waals surface area contributed by atoms with E-state index >= 15 is 0 Å². The van der Waals surface area contributed by atoms with Crippen LogP contribution in [0.5, 0.6) is 5.75 Å². The molecule has 3 aliphatic heterocycles. The summed E-state index contributed by atoms with van der Waals surface area (Å²) in [4.78, 5) is 7.59. The molecule has 4 atom stereocenters. The van der Waals surface area contributed by atoms with E-state index in [2.05, 4.69) is 78.8 Å². The number of aliphatic imine (C=N–C) groups is 1. The van der Waals surface area contributed by atoms with Crippen LogP contribution in [-0.4, -0.2) is 23.9 Å². The van der Waals surface area contributed by atoms with Crippen LogP contribution in [0.4, 0.5) is 5.69 Å². The zero-order valence-corrected chi connectivity index (χ0v) is 16.6. The molecule has 3 nitrogen and oxygen atoms in total. The Balaban J connectivity index is 1.49. The predicted molar refractivity (Wildman–Crippen MR) is 116 cm³/mol. The van der Waals surface area contributed by atoms with E-state index in [-0.39, 0.29) is 5.41 Å². The topological polar surface area (TPSA) is 24.8 Å². The third kappa shape index (κ3) is 1.73. The molecule has 0 N–H and O–H groups in total. The van der Waals surface area contributed by atoms with E-state index in [1.807, 2.05) is 0 Å². The highest BCUT2D eigenvalue weighted by Crippen LogP contribution is 2.67. The molecule has 3 heteroatoms. The van der Waals surface area contributed by atoms with Crippen molar-refractivity contribution in [2.24, 2.45) is 10.9 Å². The second-order valence-electron chi connectivity index (χ2n) is 9.20. The van der Waals surface area contributed by atoms with Gasteiger partial charge in [0.2, 0.25) is 5.72 Å². The van der Waals surface area contributed by atoms with Crippen LogP contribution in [0.3, 0.4) is 0 Å². The van der Waals surface area contributed by atoms with Crippen molar-refractivity contribution >= 4 is 22.7 Å². The van der Waals surface area contributed by atoms with Gasteiger partial charge in [0.25, 0.3) is 0 Å². The first-order chi connectivity index (χ1) is 14.2. The minimum atomic E-state index is -0.499. The number of piperidine rings is 1. The van der Waals surface area contributed by atoms with Crippen LogP contribution in [0.1, 0.15) is 42.9 Å². The summed E-state index contributed by atoms with van der Waals surface area (Å²) in [6, 6.07) is 22.2. The summed E-state index contributed by atoms with van der Waals surface area (Å²) < 4.78 is 7.05. The van der Waals surface area contributed by atoms with E-state index < -0.39 is 5.72 Å². The van der Waals surface area contributed by atoms with Crippen molar-refractivity contribution in [1.29, 1.82) is 0 Å². The molecular formula is C26H24N2O. The minimum absolute atomic E-state index is 0.0140. The van der Waals surface area contributed by atoms with E-state index in [9.17, 15) is 0 Å². The molecule has 2 spiro atoms. The van der Waals surface area contributed by atoms with Gasteiger partial charge in [-0.1, -0.05) is 61.0 Å². The first-order valence-corrected chi connectivity index (χ1v) is 10.8. The van der Waals surface area contributed by atoms with Gasteiger partial charge in [0.05, 0.1) is 11.6 Å². The lowest BCUT2D eigenvalue weighted by Gasteiger charge is -2.64. The third-order valence-electron chi connectivity index (χ3n) is 8.26. The maximum absolute atomic E-state index is 7.05. The second-order valence-corrected chi connectivity index (χ2v) is 9.20. The summed E-state index contributed by atoms with van der Waals surface area (Å²) in [5.74, 6) is 1.58. The van der Waals surface area contributed by atoms with Crippen LogP contribution in [0, 0.1) is 5.92 Å². The molecule has 5 aliphatic rings. The SMILES string of the molecule is CN1[C@H]2C[C@@H]3CCC[C@@]3(c3ccccc32)[C@@]12C=Nc1c(ccc3ccccc13)O2. The monoisotopic (exact) mass is 380 g/mol. The molecule has 0 radical (unpaired) electrons. The maximum atomic E-state index is 7.05. The van der Waals surface area contributed by atoms with Crippen molar-refractivity contribution in [2.75, 3.05) is 7.05 Å². The largest absolute Gasteiger partial charge is 0.464 e. The van der Waals surface area contributed by atoms with Gasteiger partial charge in [-0.3, -0.25) is 9.89 Å². The molecule has 3 heterocycles. The highest BCUT2D eigenvalue weighted by molar-refractivity contribution is 5.98. The minimum Gasteiger partial charge on any atom is -0.464 e. The van der Waals surface area contributed by atoms with Crippen LogP contribution >= 0.6 is 0 Å². The Labute approximate surface area is 171 Å². The molecule has 1 saturated heterocycles. The zero-order valence-electron chi connectivity index (χ0n) is 16.6. The maximum Gasteiger partial charge on any atom is 0.210 e. The molecule has 0 unspecified atom stereocenters. The van der Waals surface area contributed by atoms with Gasteiger partial charge < -0.3 is 4.74 Å². The number of nitrogens with zero attached hydrogens (tertiary/aromatic N) is 2. The third-order valence-corrected chi connectivity index (χ3v) is 8.26. The Bertz CT molecular complexity index is 1200. The summed E-state index contributed by atoms with van der Waals surface area (Å²) in [5.41, 5.74) is 3.47. The highest BCUT2D eigenvalue weighted by atomic mass is 16.5. The van der Waals surface area contributed by atoms with Gasteiger partial charge in [-0.2, -0.15) is 0 Å². The van der Waals surface area contributed by atoms with Gasteiger partial charge in [0, 0.05) is 11.4 Å². The number of hydrogen-bond acceptors (Lipinski definition) is 3. The van der Waals surface area contributed by atoms with Crippen molar-refractivity contribution < 1.29 is 4.74 Å². The number of likely N-dealkylation sites (N-methyl/N-ethyl adjacent to an activating group) is 1. The lowest BCUT2D eigenvalue weighted by molar-refractivity contribution is -0.156. The summed E-state index contributed by atoms with van der Waals surface area (Å²) in [6.07, 6.45) is 7.12. The normalized spacial score (nSPS) is 34.1. The van der Waals surface area contributed by atoms with Gasteiger partial charge in [0.1, 0.15) is 11.4 Å². The Hall–Kier alpha value is -2.65. The lowest BCUT2D eigenvalue weighted by Crippen LogP contribution is -2.74. The number of hydrogen-bond donors (Lipinski definition) is 0. The van der Waals surface area contributed by atoms with Crippen LogP contribution in [0.25, 0.3) is 10.8 Å². The molecular weight excluding hydrogens is 356 g/mol. The van der Waals surface area contributed by atoms with Crippen molar-refractivity contribution in [1.82, 2.24) is 4.90 Å². The average Bonchev–Trinajstić information content (AvgIpc) is 3.23. The van der Waals surface area contributed by atoms with Crippen LogP contribution in [-0.2, 0) is 5.41 Å². The molecule has 8 rings (SSSR count). The number of benzene rings is 3. The first-order valence-electron chi connectivity index (χ1n) is 10.8. The summed E-state index contributed by atoms with van der Waals surface area (Å²) in [6.45, 7) is 0. The molecule has 1 saturated carbocycles. The fourth-order valence-electron chi connectivity index (χ4n) is 7.09. The number of ether oxygens (including phenoxy) is 1. The molecule has 2 aliphatic carbocycles. The van der Waals surface area contributed by atoms with Crippen molar-refractivity contribution in [2.45, 2.75) is 42.9 Å². The van der Waals surface area contributed by atoms with Gasteiger partial charge in [-0.25, -0.2) is 0 Å². The quantitative estimate of drug-likeness (QED) is 0.495. The molecule has 3 aromatic carbocycles. The highest BCUT2D eigenvalue weighted by Gasteiger charge is 2.70. The first kappa shape index (κ1) is 16.2. The van der Waals surface area contributed by atoms with E-state index in [1.54, 1.807) is 0 Å². The van der Waals surface area contributed by atoms with Crippen molar-refractivity contribution in [3.63, 3.8) is 0 Å². The number of fused-ring (bicyclic) bond motifs is 3. The molecule has 0 amide bonds. The predicted octanol–water partition coefficient (Wildman–Crippen LogP) is 5.76. The molecule has 144 valence electrons. The molecule has 2 bridgehead atoms. The molecule has 29 heavy (non-hydrogen) atoms. The molecule has 2 fully saturated rings. The smallest absolute Gasteiger partial charge is 0.210 e. The summed E-state index contributed by atoms with van der Waals surface area (Å²) in [7, 11) is 2.24. The Kier molecular flexibility index (Phi) is 2.95. The number of rotatable bonds is 0. The zero-order chi connectivity index (χ0) is 19.2. The lowest BCUT2D eigenvalue weighted by atomic mass is 9.54. The van der Waals surface area contributed by atoms with Crippen LogP contribution in [0.15, 0.2) is 65.7 Å². The average molecular weight is 380 g/mol. The molecule has 3 aromatic rings. The van der Waals surface area contributed by atoms with Crippen molar-refractivity contribution in [3.8, 4) is 5.75 Å². The fourth-order valence-corrected chi connectivity index (χ4v) is 7.09. The van der Waals surface area contributed by atoms with Crippen molar-refractivity contribution in [3.05, 3.63) is 71.8 Å². The van der Waals surface area contributed by atoms with E-state index in [4.69, 9.17) is 9.73 Å². The second kappa shape index (κ2) is 5.28.